The lowest BCUT2D eigenvalue weighted by atomic mass is 9.98. The zero-order chi connectivity index (χ0) is 17.0. The second-order valence-corrected chi connectivity index (χ2v) is 7.19. The molecule has 2 N–H and O–H groups in total. The maximum absolute atomic E-state index is 12.0. The average Bonchev–Trinajstić information content (AvgIpc) is 2.48. The van der Waals surface area contributed by atoms with E-state index in [0.29, 0.717) is 13.0 Å². The third-order valence-corrected chi connectivity index (χ3v) is 4.14. The maximum Gasteiger partial charge on any atom is 0.408 e. The summed E-state index contributed by atoms with van der Waals surface area (Å²) in [7, 11) is 0. The number of nitrogens with one attached hydrogen (secondary N) is 1. The highest BCUT2D eigenvalue weighted by Gasteiger charge is 2.32. The molecular formula is C18H28N2O3. The average molecular weight is 320 g/mol. The SMILES string of the molecule is CC(c1ccccc1)N1CC[C@@H](O)[C@H](NC(=O)OC(C)(C)C)C1. The number of carbonyl (C=O) groups excluding carboxylic acids is 1. The number of rotatable bonds is 3. The molecule has 0 saturated carbocycles. The highest BCUT2D eigenvalue weighted by atomic mass is 16.6. The van der Waals surface area contributed by atoms with E-state index in [1.807, 2.05) is 39.0 Å². The van der Waals surface area contributed by atoms with Crippen molar-refractivity contribution in [1.82, 2.24) is 10.2 Å². The van der Waals surface area contributed by atoms with Gasteiger partial charge in [0.05, 0.1) is 12.1 Å². The standard InChI is InChI=1S/C18H28N2O3/c1-13(14-8-6-5-7-9-14)20-11-10-16(21)15(12-20)19-17(22)23-18(2,3)4/h5-9,13,15-16,21H,10-12H2,1-4H3,(H,19,22)/t13?,15-,16-/m1/s1. The first-order chi connectivity index (χ1) is 10.8. The number of ether oxygens (including phenoxy) is 1. The maximum atomic E-state index is 12.0. The summed E-state index contributed by atoms with van der Waals surface area (Å²) in [5.74, 6) is 0. The summed E-state index contributed by atoms with van der Waals surface area (Å²) in [6.45, 7) is 9.05. The van der Waals surface area contributed by atoms with Crippen molar-refractivity contribution in [3.05, 3.63) is 35.9 Å². The Morgan fingerprint density at radius 3 is 2.61 bits per heavy atom. The summed E-state index contributed by atoms with van der Waals surface area (Å²) in [4.78, 5) is 14.2. The van der Waals surface area contributed by atoms with E-state index in [2.05, 4.69) is 29.3 Å². The summed E-state index contributed by atoms with van der Waals surface area (Å²) >= 11 is 0. The van der Waals surface area contributed by atoms with Gasteiger partial charge in [0.1, 0.15) is 5.60 Å². The molecule has 1 aliphatic heterocycles. The lowest BCUT2D eigenvalue weighted by molar-refractivity contribution is 0.0145. The van der Waals surface area contributed by atoms with E-state index in [9.17, 15) is 9.90 Å². The topological polar surface area (TPSA) is 61.8 Å². The van der Waals surface area contributed by atoms with Gasteiger partial charge in [0, 0.05) is 19.1 Å². The minimum absolute atomic E-state index is 0.242. The second kappa shape index (κ2) is 7.32. The largest absolute Gasteiger partial charge is 0.444 e. The van der Waals surface area contributed by atoms with Gasteiger partial charge >= 0.3 is 6.09 Å². The lowest BCUT2D eigenvalue weighted by Gasteiger charge is -2.40. The molecule has 5 heteroatoms. The Morgan fingerprint density at radius 2 is 2.00 bits per heavy atom. The van der Waals surface area contributed by atoms with Gasteiger partial charge in [-0.3, -0.25) is 4.90 Å². The molecule has 1 amide bonds. The quantitative estimate of drug-likeness (QED) is 0.899. The molecule has 0 bridgehead atoms. The van der Waals surface area contributed by atoms with Crippen molar-refractivity contribution in [2.75, 3.05) is 13.1 Å². The number of alkyl carbamates (subject to hydrolysis) is 1. The predicted octanol–water partition coefficient (Wildman–Crippen LogP) is 2.71. The molecule has 1 heterocycles. The molecule has 0 radical (unpaired) electrons. The number of carbonyl (C=O) groups is 1. The highest BCUT2D eigenvalue weighted by molar-refractivity contribution is 5.68. The van der Waals surface area contributed by atoms with Crippen LogP contribution in [0.4, 0.5) is 4.79 Å². The Balaban J connectivity index is 1.97. The van der Waals surface area contributed by atoms with Crippen molar-refractivity contribution in [3.8, 4) is 0 Å². The Labute approximate surface area is 138 Å². The Morgan fingerprint density at radius 1 is 1.35 bits per heavy atom. The van der Waals surface area contributed by atoms with Gasteiger partial charge in [0.2, 0.25) is 0 Å². The zero-order valence-electron chi connectivity index (χ0n) is 14.5. The van der Waals surface area contributed by atoms with Gasteiger partial charge in [-0.2, -0.15) is 0 Å². The molecule has 23 heavy (non-hydrogen) atoms. The van der Waals surface area contributed by atoms with E-state index >= 15 is 0 Å². The highest BCUT2D eigenvalue weighted by Crippen LogP contribution is 2.24. The minimum atomic E-state index is -0.541. The number of piperidine rings is 1. The molecule has 1 aromatic rings. The molecule has 2 rings (SSSR count). The smallest absolute Gasteiger partial charge is 0.408 e. The molecule has 1 fully saturated rings. The first-order valence-electron chi connectivity index (χ1n) is 8.23. The van der Waals surface area contributed by atoms with Gasteiger partial charge in [0.25, 0.3) is 0 Å². The molecule has 0 aliphatic carbocycles. The van der Waals surface area contributed by atoms with Gasteiger partial charge < -0.3 is 15.2 Å². The van der Waals surface area contributed by atoms with Crippen molar-refractivity contribution in [2.45, 2.75) is 57.9 Å². The fourth-order valence-electron chi connectivity index (χ4n) is 2.86. The van der Waals surface area contributed by atoms with Crippen molar-refractivity contribution >= 4 is 6.09 Å². The van der Waals surface area contributed by atoms with Crippen LogP contribution in [0.25, 0.3) is 0 Å². The Bertz CT molecular complexity index is 513. The van der Waals surface area contributed by atoms with Gasteiger partial charge in [0.15, 0.2) is 0 Å². The fraction of sp³-hybridized carbons (Fsp3) is 0.611. The molecule has 1 saturated heterocycles. The first-order valence-corrected chi connectivity index (χ1v) is 8.23. The zero-order valence-corrected chi connectivity index (χ0v) is 14.5. The number of amides is 1. The first kappa shape index (κ1) is 17.8. The van der Waals surface area contributed by atoms with Crippen LogP contribution in [0.2, 0.25) is 0 Å². The number of hydrogen-bond donors (Lipinski definition) is 2. The van der Waals surface area contributed by atoms with E-state index < -0.39 is 17.8 Å². The van der Waals surface area contributed by atoms with Gasteiger partial charge in [-0.05, 0) is 39.7 Å². The summed E-state index contributed by atoms with van der Waals surface area (Å²) in [5.41, 5.74) is 0.695. The van der Waals surface area contributed by atoms with Crippen molar-refractivity contribution < 1.29 is 14.6 Å². The Hall–Kier alpha value is -1.59. The van der Waals surface area contributed by atoms with Crippen LogP contribution in [0, 0.1) is 0 Å². The van der Waals surface area contributed by atoms with Gasteiger partial charge in [-0.25, -0.2) is 4.79 Å². The van der Waals surface area contributed by atoms with Crippen LogP contribution in [-0.2, 0) is 4.74 Å². The fourth-order valence-corrected chi connectivity index (χ4v) is 2.86. The number of likely N-dealkylation sites (tertiary alicyclic amines) is 1. The van der Waals surface area contributed by atoms with Crippen LogP contribution in [0.3, 0.4) is 0 Å². The molecular weight excluding hydrogens is 292 g/mol. The molecule has 3 atom stereocenters. The third kappa shape index (κ3) is 5.22. The van der Waals surface area contributed by atoms with Crippen LogP contribution >= 0.6 is 0 Å². The normalized spacial score (nSPS) is 24.0. The molecule has 1 unspecified atom stereocenters. The van der Waals surface area contributed by atoms with Crippen LogP contribution in [0.1, 0.15) is 45.7 Å². The number of aliphatic hydroxyl groups is 1. The molecule has 0 aromatic heterocycles. The van der Waals surface area contributed by atoms with Gasteiger partial charge in [-0.15, -0.1) is 0 Å². The van der Waals surface area contributed by atoms with Gasteiger partial charge in [-0.1, -0.05) is 30.3 Å². The predicted molar refractivity (Wildman–Crippen MR) is 90.2 cm³/mol. The monoisotopic (exact) mass is 320 g/mol. The molecule has 0 spiro atoms. The van der Waals surface area contributed by atoms with Crippen LogP contribution in [-0.4, -0.2) is 46.9 Å². The van der Waals surface area contributed by atoms with Crippen LogP contribution in [0.5, 0.6) is 0 Å². The van der Waals surface area contributed by atoms with E-state index in [0.717, 1.165) is 6.54 Å². The van der Waals surface area contributed by atoms with E-state index in [4.69, 9.17) is 4.74 Å². The summed E-state index contributed by atoms with van der Waals surface area (Å²) in [6, 6.07) is 10.2. The van der Waals surface area contributed by atoms with E-state index in [-0.39, 0.29) is 12.1 Å². The third-order valence-electron chi connectivity index (χ3n) is 4.14. The minimum Gasteiger partial charge on any atom is -0.444 e. The summed E-state index contributed by atoms with van der Waals surface area (Å²) < 4.78 is 5.29. The van der Waals surface area contributed by atoms with Crippen molar-refractivity contribution in [3.63, 3.8) is 0 Å². The summed E-state index contributed by atoms with van der Waals surface area (Å²) in [5, 5.41) is 13.0. The van der Waals surface area contributed by atoms with E-state index in [1.165, 1.54) is 5.56 Å². The number of benzene rings is 1. The number of nitrogens with zero attached hydrogens (tertiary/aromatic N) is 1. The number of aliphatic hydroxyl groups excluding tert-OH is 1. The summed E-state index contributed by atoms with van der Waals surface area (Å²) in [6.07, 6.45) is -0.380. The Kier molecular flexibility index (Phi) is 5.65. The molecule has 1 aromatic carbocycles. The van der Waals surface area contributed by atoms with E-state index in [1.54, 1.807) is 0 Å². The lowest BCUT2D eigenvalue weighted by Crippen LogP contribution is -2.56. The second-order valence-electron chi connectivity index (χ2n) is 7.19. The number of hydrogen-bond acceptors (Lipinski definition) is 4. The molecule has 1 aliphatic rings. The van der Waals surface area contributed by atoms with Crippen LogP contribution in [0.15, 0.2) is 30.3 Å². The van der Waals surface area contributed by atoms with Crippen molar-refractivity contribution in [1.29, 1.82) is 0 Å². The van der Waals surface area contributed by atoms with Crippen molar-refractivity contribution in [2.24, 2.45) is 0 Å². The molecule has 5 nitrogen and oxygen atoms in total. The molecule has 128 valence electrons. The van der Waals surface area contributed by atoms with Crippen LogP contribution < -0.4 is 5.32 Å².